The molecule has 0 saturated heterocycles. The number of imide groups is 1. The average Bonchev–Trinajstić information content (AvgIpc) is 2.31. The lowest BCUT2D eigenvalue weighted by atomic mass is 10.3. The molecule has 0 aliphatic rings. The zero-order valence-electron chi connectivity index (χ0n) is 10.3. The Bertz CT molecular complexity index is 474. The molecule has 7 heteroatoms. The second-order valence-corrected chi connectivity index (χ2v) is 4.08. The summed E-state index contributed by atoms with van der Waals surface area (Å²) >= 11 is 5.37. The van der Waals surface area contributed by atoms with Crippen LogP contribution in [-0.4, -0.2) is 23.7 Å². The fourth-order valence-electron chi connectivity index (χ4n) is 1.28. The number of hydrogen-bond acceptors (Lipinski definition) is 3. The van der Waals surface area contributed by atoms with E-state index in [9.17, 15) is 14.4 Å². The van der Waals surface area contributed by atoms with Crippen molar-refractivity contribution in [3.63, 3.8) is 0 Å². The van der Waals surface area contributed by atoms with Crippen molar-refractivity contribution in [1.82, 2.24) is 5.32 Å². The summed E-state index contributed by atoms with van der Waals surface area (Å²) in [6, 6.07) is 5.87. The molecule has 102 valence electrons. The maximum atomic E-state index is 11.4. The van der Waals surface area contributed by atoms with Crippen LogP contribution in [0.5, 0.6) is 0 Å². The smallest absolute Gasteiger partial charge is 0.325 e. The van der Waals surface area contributed by atoms with Crippen molar-refractivity contribution >= 4 is 40.8 Å². The van der Waals surface area contributed by atoms with Crippen LogP contribution >= 0.6 is 11.6 Å². The Hall–Kier alpha value is -2.08. The molecule has 6 nitrogen and oxygen atoms in total. The van der Waals surface area contributed by atoms with Gasteiger partial charge in [0.15, 0.2) is 0 Å². The Balaban J connectivity index is 2.51. The molecule has 0 heterocycles. The van der Waals surface area contributed by atoms with Gasteiger partial charge >= 0.3 is 6.03 Å². The topological polar surface area (TPSA) is 87.3 Å². The van der Waals surface area contributed by atoms with Crippen LogP contribution in [-0.2, 0) is 9.59 Å². The van der Waals surface area contributed by atoms with Crippen LogP contribution in [0.4, 0.5) is 16.2 Å². The standard InChI is InChI=1S/C12H14ClN3O3/c1-8(17)14-9-2-4-10(5-3-9)15-12(19)16-11(18)6-7-13/h2-5H,6-7H2,1H3,(H,14,17)(H2,15,16,18,19). The first-order valence-electron chi connectivity index (χ1n) is 5.55. The Kier molecular flexibility index (Phi) is 5.81. The summed E-state index contributed by atoms with van der Waals surface area (Å²) in [5.74, 6) is -0.461. The minimum atomic E-state index is -0.623. The fraction of sp³-hybridized carbons (Fsp3) is 0.250. The molecule has 0 radical (unpaired) electrons. The summed E-state index contributed by atoms with van der Waals surface area (Å²) in [6.45, 7) is 1.40. The number of rotatable bonds is 4. The van der Waals surface area contributed by atoms with E-state index in [1.165, 1.54) is 6.92 Å². The number of anilines is 2. The highest BCUT2D eigenvalue weighted by Crippen LogP contribution is 2.13. The second kappa shape index (κ2) is 7.38. The van der Waals surface area contributed by atoms with Gasteiger partial charge in [-0.05, 0) is 24.3 Å². The molecule has 0 bridgehead atoms. The highest BCUT2D eigenvalue weighted by Gasteiger charge is 2.07. The molecule has 19 heavy (non-hydrogen) atoms. The summed E-state index contributed by atoms with van der Waals surface area (Å²) in [6.07, 6.45) is 0.0798. The van der Waals surface area contributed by atoms with Gasteiger partial charge < -0.3 is 10.6 Å². The van der Waals surface area contributed by atoms with Crippen LogP contribution in [0.15, 0.2) is 24.3 Å². The highest BCUT2D eigenvalue weighted by atomic mass is 35.5. The molecule has 1 aromatic rings. The van der Waals surface area contributed by atoms with Gasteiger partial charge in [0, 0.05) is 30.6 Å². The SMILES string of the molecule is CC(=O)Nc1ccc(NC(=O)NC(=O)CCCl)cc1. The highest BCUT2D eigenvalue weighted by molar-refractivity contribution is 6.19. The Morgan fingerprint density at radius 3 is 2.05 bits per heavy atom. The number of nitrogens with one attached hydrogen (secondary N) is 3. The molecule has 0 aliphatic carbocycles. The average molecular weight is 284 g/mol. The monoisotopic (exact) mass is 283 g/mol. The van der Waals surface area contributed by atoms with Crippen LogP contribution in [0.2, 0.25) is 0 Å². The van der Waals surface area contributed by atoms with Crippen molar-refractivity contribution in [1.29, 1.82) is 0 Å². The molecule has 0 unspecified atom stereocenters. The van der Waals surface area contributed by atoms with E-state index in [1.54, 1.807) is 24.3 Å². The molecular weight excluding hydrogens is 270 g/mol. The molecule has 0 fully saturated rings. The third kappa shape index (κ3) is 5.87. The Morgan fingerprint density at radius 1 is 1.05 bits per heavy atom. The van der Waals surface area contributed by atoms with Crippen LogP contribution < -0.4 is 16.0 Å². The summed E-state index contributed by atoms with van der Waals surface area (Å²) in [4.78, 5) is 33.3. The van der Waals surface area contributed by atoms with Gasteiger partial charge in [-0.1, -0.05) is 0 Å². The lowest BCUT2D eigenvalue weighted by molar-refractivity contribution is -0.119. The zero-order valence-corrected chi connectivity index (χ0v) is 11.1. The predicted octanol–water partition coefficient (Wildman–Crippen LogP) is 1.92. The van der Waals surface area contributed by atoms with Crippen LogP contribution in [0.1, 0.15) is 13.3 Å². The van der Waals surface area contributed by atoms with E-state index < -0.39 is 11.9 Å². The lowest BCUT2D eigenvalue weighted by Gasteiger charge is -2.07. The Labute approximate surface area is 115 Å². The summed E-state index contributed by atoms with van der Waals surface area (Å²) < 4.78 is 0. The quantitative estimate of drug-likeness (QED) is 0.738. The van der Waals surface area contributed by atoms with Gasteiger partial charge in [0.05, 0.1) is 0 Å². The molecule has 1 aromatic carbocycles. The number of hydrogen-bond donors (Lipinski definition) is 3. The lowest BCUT2D eigenvalue weighted by Crippen LogP contribution is -2.34. The van der Waals surface area contributed by atoms with Crippen LogP contribution in [0.25, 0.3) is 0 Å². The van der Waals surface area contributed by atoms with Crippen LogP contribution in [0, 0.1) is 0 Å². The first-order valence-corrected chi connectivity index (χ1v) is 6.09. The van der Waals surface area contributed by atoms with Crippen molar-refractivity contribution < 1.29 is 14.4 Å². The van der Waals surface area contributed by atoms with E-state index >= 15 is 0 Å². The first kappa shape index (κ1) is 15.0. The normalized spacial score (nSPS) is 9.58. The first-order chi connectivity index (χ1) is 9.01. The molecule has 4 amide bonds. The van der Waals surface area contributed by atoms with Crippen molar-refractivity contribution in [3.8, 4) is 0 Å². The number of amides is 4. The molecule has 0 saturated carbocycles. The zero-order chi connectivity index (χ0) is 14.3. The van der Waals surface area contributed by atoms with Gasteiger partial charge in [-0.15, -0.1) is 11.6 Å². The maximum absolute atomic E-state index is 11.4. The van der Waals surface area contributed by atoms with Gasteiger partial charge in [-0.2, -0.15) is 0 Å². The predicted molar refractivity (Wildman–Crippen MR) is 73.2 cm³/mol. The van der Waals surface area contributed by atoms with Crippen molar-refractivity contribution in [3.05, 3.63) is 24.3 Å². The fourth-order valence-corrected chi connectivity index (χ4v) is 1.45. The minimum absolute atomic E-state index is 0.0798. The van der Waals surface area contributed by atoms with E-state index in [0.717, 1.165) is 0 Å². The molecule has 0 aromatic heterocycles. The van der Waals surface area contributed by atoms with Gasteiger partial charge in [-0.25, -0.2) is 4.79 Å². The van der Waals surface area contributed by atoms with E-state index in [-0.39, 0.29) is 18.2 Å². The van der Waals surface area contributed by atoms with E-state index in [0.29, 0.717) is 11.4 Å². The van der Waals surface area contributed by atoms with E-state index in [4.69, 9.17) is 11.6 Å². The summed E-state index contributed by atoms with van der Waals surface area (Å²) in [5.41, 5.74) is 1.13. The van der Waals surface area contributed by atoms with E-state index in [2.05, 4.69) is 16.0 Å². The number of urea groups is 1. The molecule has 1 rings (SSSR count). The molecule has 3 N–H and O–H groups in total. The third-order valence-electron chi connectivity index (χ3n) is 2.04. The summed E-state index contributed by atoms with van der Waals surface area (Å²) in [5, 5.41) is 7.22. The molecule has 0 atom stereocenters. The van der Waals surface area contributed by atoms with Gasteiger partial charge in [0.1, 0.15) is 0 Å². The van der Waals surface area contributed by atoms with Crippen LogP contribution in [0.3, 0.4) is 0 Å². The second-order valence-electron chi connectivity index (χ2n) is 3.70. The molecule has 0 spiro atoms. The Morgan fingerprint density at radius 2 is 1.58 bits per heavy atom. The van der Waals surface area contributed by atoms with Gasteiger partial charge in [-0.3, -0.25) is 14.9 Å². The minimum Gasteiger partial charge on any atom is -0.326 e. The summed E-state index contributed by atoms with van der Waals surface area (Å²) in [7, 11) is 0. The van der Waals surface area contributed by atoms with E-state index in [1.807, 2.05) is 0 Å². The van der Waals surface area contributed by atoms with Gasteiger partial charge in [0.2, 0.25) is 11.8 Å². The number of carbonyl (C=O) groups excluding carboxylic acids is 3. The number of benzene rings is 1. The molecule has 0 aliphatic heterocycles. The third-order valence-corrected chi connectivity index (χ3v) is 2.23. The largest absolute Gasteiger partial charge is 0.326 e. The number of carbonyl (C=O) groups is 3. The number of halogens is 1. The maximum Gasteiger partial charge on any atom is 0.325 e. The molecular formula is C12H14ClN3O3. The van der Waals surface area contributed by atoms with Crippen molar-refractivity contribution in [2.75, 3.05) is 16.5 Å². The van der Waals surface area contributed by atoms with Crippen molar-refractivity contribution in [2.24, 2.45) is 0 Å². The number of alkyl halides is 1. The van der Waals surface area contributed by atoms with Crippen molar-refractivity contribution in [2.45, 2.75) is 13.3 Å². The van der Waals surface area contributed by atoms with Gasteiger partial charge in [0.25, 0.3) is 0 Å².